The summed E-state index contributed by atoms with van der Waals surface area (Å²) < 4.78 is 1.99. The number of hydrogen-bond donors (Lipinski definition) is 0. The van der Waals surface area contributed by atoms with Crippen LogP contribution in [0.15, 0.2) is 18.9 Å². The van der Waals surface area contributed by atoms with Crippen molar-refractivity contribution in [1.82, 2.24) is 24.7 Å². The zero-order valence-corrected chi connectivity index (χ0v) is 12.2. The normalized spacial score (nSPS) is 16.6. The average molecular weight is 293 g/mol. The van der Waals surface area contributed by atoms with Crippen molar-refractivity contribution in [1.29, 1.82) is 0 Å². The number of piperidine rings is 1. The number of rotatable bonds is 3. The van der Waals surface area contributed by atoms with E-state index in [2.05, 4.69) is 25.1 Å². The summed E-state index contributed by atoms with van der Waals surface area (Å²) in [4.78, 5) is 10.4. The summed E-state index contributed by atoms with van der Waals surface area (Å²) in [5.74, 6) is 2.55. The first kappa shape index (κ1) is 13.3. The van der Waals surface area contributed by atoms with Gasteiger partial charge in [-0.05, 0) is 18.8 Å². The minimum Gasteiger partial charge on any atom is -0.355 e. The van der Waals surface area contributed by atoms with Crippen LogP contribution >= 0.6 is 11.6 Å². The van der Waals surface area contributed by atoms with E-state index in [-0.39, 0.29) is 0 Å². The third kappa shape index (κ3) is 2.75. The smallest absolute Gasteiger partial charge is 0.150 e. The van der Waals surface area contributed by atoms with Crippen molar-refractivity contribution < 1.29 is 0 Å². The van der Waals surface area contributed by atoms with Crippen LogP contribution in [0.2, 0.25) is 5.02 Å². The van der Waals surface area contributed by atoms with Crippen molar-refractivity contribution in [3.8, 4) is 0 Å². The molecule has 0 amide bonds. The number of aryl methyl sites for hydroxylation is 1. The van der Waals surface area contributed by atoms with Crippen molar-refractivity contribution in [3.63, 3.8) is 0 Å². The van der Waals surface area contributed by atoms with Gasteiger partial charge in [0.2, 0.25) is 0 Å². The fourth-order valence-electron chi connectivity index (χ4n) is 2.64. The number of anilines is 1. The van der Waals surface area contributed by atoms with Crippen molar-refractivity contribution in [2.75, 3.05) is 18.0 Å². The first-order valence-corrected chi connectivity index (χ1v) is 7.15. The second-order valence-corrected chi connectivity index (χ2v) is 5.59. The van der Waals surface area contributed by atoms with Gasteiger partial charge in [-0.2, -0.15) is 0 Å². The third-order valence-electron chi connectivity index (χ3n) is 3.84. The third-order valence-corrected chi connectivity index (χ3v) is 4.11. The Morgan fingerprint density at radius 3 is 2.80 bits per heavy atom. The van der Waals surface area contributed by atoms with E-state index in [0.29, 0.717) is 10.9 Å². The lowest BCUT2D eigenvalue weighted by Crippen LogP contribution is -2.35. The SMILES string of the molecule is Cn1cnnc1CC1CCN(c2ncncc2Cl)CC1. The van der Waals surface area contributed by atoms with Crippen LogP contribution in [-0.2, 0) is 13.5 Å². The standard InChI is InChI=1S/C13H17ClN6/c1-19-9-17-18-12(19)6-10-2-4-20(5-3-10)13-11(14)7-15-8-16-13/h7-10H,2-6H2,1H3. The largest absolute Gasteiger partial charge is 0.355 e. The minimum absolute atomic E-state index is 0.624. The van der Waals surface area contributed by atoms with Gasteiger partial charge in [0.1, 0.15) is 23.5 Å². The molecular formula is C13H17ClN6. The minimum atomic E-state index is 0.624. The molecular weight excluding hydrogens is 276 g/mol. The molecule has 1 aliphatic heterocycles. The van der Waals surface area contributed by atoms with Gasteiger partial charge < -0.3 is 9.47 Å². The number of hydrogen-bond acceptors (Lipinski definition) is 5. The summed E-state index contributed by atoms with van der Waals surface area (Å²) in [5, 5.41) is 8.71. The average Bonchev–Trinajstić information content (AvgIpc) is 2.86. The monoisotopic (exact) mass is 292 g/mol. The van der Waals surface area contributed by atoms with E-state index >= 15 is 0 Å². The fourth-order valence-corrected chi connectivity index (χ4v) is 2.86. The Hall–Kier alpha value is -1.69. The van der Waals surface area contributed by atoms with Crippen LogP contribution in [0.4, 0.5) is 5.82 Å². The molecule has 7 heteroatoms. The van der Waals surface area contributed by atoms with E-state index in [9.17, 15) is 0 Å². The molecule has 0 aromatic carbocycles. The Kier molecular flexibility index (Phi) is 3.82. The molecule has 1 aliphatic rings. The van der Waals surface area contributed by atoms with Gasteiger partial charge in [-0.15, -0.1) is 10.2 Å². The number of aromatic nitrogens is 5. The topological polar surface area (TPSA) is 59.7 Å². The van der Waals surface area contributed by atoms with Gasteiger partial charge in [0.25, 0.3) is 0 Å². The predicted octanol–water partition coefficient (Wildman–Crippen LogP) is 1.72. The predicted molar refractivity (Wildman–Crippen MR) is 76.7 cm³/mol. The van der Waals surface area contributed by atoms with E-state index in [4.69, 9.17) is 11.6 Å². The molecule has 0 aliphatic carbocycles. The van der Waals surface area contributed by atoms with Crippen molar-refractivity contribution in [2.45, 2.75) is 19.3 Å². The second-order valence-electron chi connectivity index (χ2n) is 5.19. The summed E-state index contributed by atoms with van der Waals surface area (Å²) in [6, 6.07) is 0. The van der Waals surface area contributed by atoms with Gasteiger partial charge in [-0.3, -0.25) is 0 Å². The van der Waals surface area contributed by atoms with Crippen LogP contribution in [0.3, 0.4) is 0 Å². The van der Waals surface area contributed by atoms with Crippen LogP contribution in [0.1, 0.15) is 18.7 Å². The van der Waals surface area contributed by atoms with Gasteiger partial charge >= 0.3 is 0 Å². The molecule has 2 aromatic heterocycles. The molecule has 0 atom stereocenters. The van der Waals surface area contributed by atoms with Gasteiger partial charge in [0, 0.05) is 26.6 Å². The molecule has 2 aromatic rings. The molecule has 3 rings (SSSR count). The lowest BCUT2D eigenvalue weighted by Gasteiger charge is -2.32. The highest BCUT2D eigenvalue weighted by Crippen LogP contribution is 2.27. The van der Waals surface area contributed by atoms with Crippen LogP contribution in [0, 0.1) is 5.92 Å². The summed E-state index contributed by atoms with van der Waals surface area (Å²) in [5.41, 5.74) is 0. The molecule has 1 fully saturated rings. The second kappa shape index (κ2) is 5.75. The van der Waals surface area contributed by atoms with Gasteiger partial charge in [-0.1, -0.05) is 11.6 Å². The van der Waals surface area contributed by atoms with Crippen molar-refractivity contribution in [3.05, 3.63) is 29.7 Å². The quantitative estimate of drug-likeness (QED) is 0.862. The Morgan fingerprint density at radius 1 is 1.35 bits per heavy atom. The van der Waals surface area contributed by atoms with Crippen LogP contribution in [0.25, 0.3) is 0 Å². The Balaban J connectivity index is 1.60. The molecule has 0 saturated carbocycles. The number of halogens is 1. The molecule has 3 heterocycles. The Morgan fingerprint density at radius 2 is 2.15 bits per heavy atom. The molecule has 0 spiro atoms. The maximum Gasteiger partial charge on any atom is 0.150 e. The van der Waals surface area contributed by atoms with Crippen LogP contribution < -0.4 is 4.90 Å². The fraction of sp³-hybridized carbons (Fsp3) is 0.538. The van der Waals surface area contributed by atoms with Crippen molar-refractivity contribution in [2.24, 2.45) is 13.0 Å². The van der Waals surface area contributed by atoms with E-state index in [1.807, 2.05) is 11.6 Å². The molecule has 1 saturated heterocycles. The van der Waals surface area contributed by atoms with E-state index in [1.165, 1.54) is 0 Å². The van der Waals surface area contributed by atoms with Gasteiger partial charge in [0.15, 0.2) is 5.82 Å². The highest BCUT2D eigenvalue weighted by Gasteiger charge is 2.23. The first-order valence-electron chi connectivity index (χ1n) is 6.77. The van der Waals surface area contributed by atoms with Crippen LogP contribution in [0.5, 0.6) is 0 Å². The summed E-state index contributed by atoms with van der Waals surface area (Å²) in [6.07, 6.45) is 8.18. The molecule has 0 radical (unpaired) electrons. The highest BCUT2D eigenvalue weighted by molar-refractivity contribution is 6.32. The first-order chi connectivity index (χ1) is 9.74. The molecule has 106 valence electrons. The molecule has 0 N–H and O–H groups in total. The Bertz CT molecular complexity index is 576. The molecule has 6 nitrogen and oxygen atoms in total. The maximum absolute atomic E-state index is 6.14. The highest BCUT2D eigenvalue weighted by atomic mass is 35.5. The van der Waals surface area contributed by atoms with Crippen LogP contribution in [-0.4, -0.2) is 37.8 Å². The van der Waals surface area contributed by atoms with E-state index in [0.717, 1.165) is 44.0 Å². The lowest BCUT2D eigenvalue weighted by atomic mass is 9.93. The maximum atomic E-state index is 6.14. The summed E-state index contributed by atoms with van der Waals surface area (Å²) >= 11 is 6.14. The van der Waals surface area contributed by atoms with Gasteiger partial charge in [0.05, 0.1) is 6.20 Å². The Labute approximate surface area is 122 Å². The molecule has 20 heavy (non-hydrogen) atoms. The lowest BCUT2D eigenvalue weighted by molar-refractivity contribution is 0.392. The molecule has 0 bridgehead atoms. The zero-order valence-electron chi connectivity index (χ0n) is 11.4. The van der Waals surface area contributed by atoms with Crippen molar-refractivity contribution >= 4 is 17.4 Å². The van der Waals surface area contributed by atoms with E-state index < -0.39 is 0 Å². The summed E-state index contributed by atoms with van der Waals surface area (Å²) in [7, 11) is 1.99. The number of nitrogens with zero attached hydrogens (tertiary/aromatic N) is 6. The van der Waals surface area contributed by atoms with E-state index in [1.54, 1.807) is 18.9 Å². The van der Waals surface area contributed by atoms with Gasteiger partial charge in [-0.25, -0.2) is 9.97 Å². The summed E-state index contributed by atoms with van der Waals surface area (Å²) in [6.45, 7) is 1.94. The molecule has 0 unspecified atom stereocenters. The zero-order chi connectivity index (χ0) is 13.9.